The number of aromatic nitrogens is 1. The molecule has 0 spiro atoms. The van der Waals surface area contributed by atoms with Gasteiger partial charge in [-0.15, -0.1) is 0 Å². The number of amides is 2. The van der Waals surface area contributed by atoms with E-state index in [4.69, 9.17) is 9.26 Å². The Hall–Kier alpha value is -1.86. The number of carbonyl (C=O) groups is 1. The minimum atomic E-state index is -0.107. The van der Waals surface area contributed by atoms with Crippen LogP contribution in [0.4, 0.5) is 4.79 Å². The summed E-state index contributed by atoms with van der Waals surface area (Å²) in [6, 6.07) is 7.95. The fraction of sp³-hybridized carbons (Fsp3) is 0.474. The molecule has 0 bridgehead atoms. The second kappa shape index (κ2) is 8.22. The van der Waals surface area contributed by atoms with Gasteiger partial charge in [-0.3, -0.25) is 0 Å². The highest BCUT2D eigenvalue weighted by Crippen LogP contribution is 2.25. The molecule has 140 valence electrons. The van der Waals surface area contributed by atoms with Gasteiger partial charge in [0.15, 0.2) is 0 Å². The van der Waals surface area contributed by atoms with Crippen LogP contribution >= 0.6 is 15.9 Å². The number of hydrogen-bond donors (Lipinski definition) is 1. The van der Waals surface area contributed by atoms with Crippen molar-refractivity contribution in [2.45, 2.75) is 39.3 Å². The van der Waals surface area contributed by atoms with Crippen LogP contribution in [0.3, 0.4) is 0 Å². The van der Waals surface area contributed by atoms with E-state index in [1.54, 1.807) is 0 Å². The van der Waals surface area contributed by atoms with Crippen molar-refractivity contribution in [3.8, 4) is 0 Å². The van der Waals surface area contributed by atoms with Crippen molar-refractivity contribution in [2.75, 3.05) is 19.7 Å². The van der Waals surface area contributed by atoms with Gasteiger partial charge in [0.25, 0.3) is 0 Å². The predicted octanol–water partition coefficient (Wildman–Crippen LogP) is 3.77. The normalized spacial score (nSPS) is 18.6. The Morgan fingerprint density at radius 3 is 2.96 bits per heavy atom. The third kappa shape index (κ3) is 4.45. The van der Waals surface area contributed by atoms with Crippen LogP contribution in [-0.2, 0) is 11.2 Å². The number of halogens is 1. The van der Waals surface area contributed by atoms with Crippen molar-refractivity contribution in [2.24, 2.45) is 0 Å². The van der Waals surface area contributed by atoms with Crippen LogP contribution in [-0.4, -0.2) is 41.8 Å². The zero-order valence-electron chi connectivity index (χ0n) is 15.3. The summed E-state index contributed by atoms with van der Waals surface area (Å²) in [6.45, 7) is 7.48. The van der Waals surface area contributed by atoms with Gasteiger partial charge >= 0.3 is 6.03 Å². The van der Waals surface area contributed by atoms with Gasteiger partial charge in [-0.05, 0) is 44.9 Å². The highest BCUT2D eigenvalue weighted by molar-refractivity contribution is 9.10. The van der Waals surface area contributed by atoms with Crippen LogP contribution < -0.4 is 5.32 Å². The van der Waals surface area contributed by atoms with Crippen molar-refractivity contribution < 1.29 is 14.1 Å². The number of rotatable bonds is 4. The fourth-order valence-corrected chi connectivity index (χ4v) is 3.61. The summed E-state index contributed by atoms with van der Waals surface area (Å²) < 4.78 is 12.1. The summed E-state index contributed by atoms with van der Waals surface area (Å²) in [5, 5.41) is 7.05. The molecule has 0 radical (unpaired) electrons. The number of morpholine rings is 1. The summed E-state index contributed by atoms with van der Waals surface area (Å²) >= 11 is 3.48. The average molecular weight is 422 g/mol. The third-order valence-corrected chi connectivity index (χ3v) is 5.13. The van der Waals surface area contributed by atoms with E-state index in [1.807, 2.05) is 49.9 Å². The summed E-state index contributed by atoms with van der Waals surface area (Å²) in [7, 11) is 0. The minimum absolute atomic E-state index is 0.00790. The van der Waals surface area contributed by atoms with E-state index in [2.05, 4.69) is 26.4 Å². The van der Waals surface area contributed by atoms with Gasteiger partial charge in [0.2, 0.25) is 0 Å². The van der Waals surface area contributed by atoms with E-state index in [9.17, 15) is 4.79 Å². The van der Waals surface area contributed by atoms with E-state index in [-0.39, 0.29) is 18.2 Å². The van der Waals surface area contributed by atoms with Crippen LogP contribution in [0.1, 0.15) is 35.6 Å². The molecule has 2 atom stereocenters. The Balaban J connectivity index is 1.59. The molecule has 1 saturated heterocycles. The molecule has 1 aromatic heterocycles. The van der Waals surface area contributed by atoms with Gasteiger partial charge in [-0.2, -0.15) is 0 Å². The first-order valence-corrected chi connectivity index (χ1v) is 9.57. The molecule has 1 aromatic carbocycles. The fourth-order valence-electron chi connectivity index (χ4n) is 3.19. The third-order valence-electron chi connectivity index (χ3n) is 4.64. The molecule has 1 fully saturated rings. The quantitative estimate of drug-likeness (QED) is 0.815. The second-order valence-electron chi connectivity index (χ2n) is 6.72. The maximum Gasteiger partial charge on any atom is 0.317 e. The first-order valence-electron chi connectivity index (χ1n) is 8.78. The monoisotopic (exact) mass is 421 g/mol. The Bertz CT molecular complexity index is 758. The highest BCUT2D eigenvalue weighted by Gasteiger charge is 2.26. The van der Waals surface area contributed by atoms with E-state index < -0.39 is 0 Å². The highest BCUT2D eigenvalue weighted by atomic mass is 79.9. The number of nitrogens with one attached hydrogen (secondary N) is 1. The number of aryl methyl sites for hydroxylation is 2. The molecule has 1 N–H and O–H groups in total. The molecule has 26 heavy (non-hydrogen) atoms. The van der Waals surface area contributed by atoms with E-state index in [0.29, 0.717) is 26.1 Å². The molecule has 0 saturated carbocycles. The lowest BCUT2D eigenvalue weighted by atomic mass is 10.1. The van der Waals surface area contributed by atoms with Crippen LogP contribution in [0.5, 0.6) is 0 Å². The number of carbonyl (C=O) groups excluding carboxylic acids is 1. The zero-order valence-corrected chi connectivity index (χ0v) is 16.9. The summed E-state index contributed by atoms with van der Waals surface area (Å²) in [6.07, 6.45) is 0.594. The van der Waals surface area contributed by atoms with Crippen LogP contribution in [0.2, 0.25) is 0 Å². The van der Waals surface area contributed by atoms with Gasteiger partial charge in [0, 0.05) is 22.6 Å². The predicted molar refractivity (Wildman–Crippen MR) is 102 cm³/mol. The number of urea groups is 1. The topological polar surface area (TPSA) is 67.6 Å². The smallest absolute Gasteiger partial charge is 0.317 e. The molecule has 7 heteroatoms. The molecule has 0 aliphatic carbocycles. The first-order chi connectivity index (χ1) is 12.4. The van der Waals surface area contributed by atoms with Crippen molar-refractivity contribution >= 4 is 22.0 Å². The van der Waals surface area contributed by atoms with Crippen molar-refractivity contribution in [3.05, 3.63) is 51.3 Å². The second-order valence-corrected chi connectivity index (χ2v) is 7.63. The van der Waals surface area contributed by atoms with Crippen LogP contribution in [0.25, 0.3) is 0 Å². The van der Waals surface area contributed by atoms with Crippen molar-refractivity contribution in [1.29, 1.82) is 0 Å². The molecule has 2 aromatic rings. The van der Waals surface area contributed by atoms with E-state index in [1.165, 1.54) is 0 Å². The Morgan fingerprint density at radius 1 is 1.46 bits per heavy atom. The molecule has 1 aliphatic heterocycles. The van der Waals surface area contributed by atoms with E-state index >= 15 is 0 Å². The lowest BCUT2D eigenvalue weighted by molar-refractivity contribution is -0.0157. The zero-order chi connectivity index (χ0) is 18.7. The van der Waals surface area contributed by atoms with Crippen LogP contribution in [0, 0.1) is 13.8 Å². The number of nitrogens with zero attached hydrogens (tertiary/aromatic N) is 2. The summed E-state index contributed by atoms with van der Waals surface area (Å²) in [4.78, 5) is 14.5. The van der Waals surface area contributed by atoms with Crippen LogP contribution in [0.15, 0.2) is 33.3 Å². The lowest BCUT2D eigenvalue weighted by Crippen LogP contribution is -2.49. The molecule has 3 rings (SSSR count). The molecule has 6 nitrogen and oxygen atoms in total. The molecular formula is C19H24BrN3O3. The number of hydrogen-bond acceptors (Lipinski definition) is 4. The van der Waals surface area contributed by atoms with Gasteiger partial charge in [-0.1, -0.05) is 33.2 Å². The summed E-state index contributed by atoms with van der Waals surface area (Å²) in [5.74, 6) is 0.810. The van der Waals surface area contributed by atoms with Gasteiger partial charge in [0.05, 0.1) is 18.8 Å². The molecule has 2 amide bonds. The number of ether oxygens (including phenoxy) is 1. The van der Waals surface area contributed by atoms with E-state index in [0.717, 1.165) is 27.1 Å². The molecule has 1 aliphatic rings. The first kappa shape index (κ1) is 18.9. The maximum atomic E-state index is 12.7. The van der Waals surface area contributed by atoms with Crippen molar-refractivity contribution in [1.82, 2.24) is 15.4 Å². The Morgan fingerprint density at radius 2 is 2.27 bits per heavy atom. The molecule has 2 heterocycles. The maximum absolute atomic E-state index is 12.7. The van der Waals surface area contributed by atoms with Gasteiger partial charge < -0.3 is 19.5 Å². The number of benzene rings is 1. The van der Waals surface area contributed by atoms with Gasteiger partial charge in [0.1, 0.15) is 11.9 Å². The van der Waals surface area contributed by atoms with Crippen molar-refractivity contribution in [3.63, 3.8) is 0 Å². The SMILES string of the molecule is Cc1noc(C)c1C[C@@H](C)NC(=O)N1CCO[C@@H](c2cccc(Br)c2)C1. The minimum Gasteiger partial charge on any atom is -0.370 e. The molecular weight excluding hydrogens is 398 g/mol. The summed E-state index contributed by atoms with van der Waals surface area (Å²) in [5.41, 5.74) is 3.01. The Labute approximate surface area is 162 Å². The molecule has 0 unspecified atom stereocenters. The lowest BCUT2D eigenvalue weighted by Gasteiger charge is -2.34. The average Bonchev–Trinajstić information content (AvgIpc) is 2.93. The Kier molecular flexibility index (Phi) is 5.98. The largest absolute Gasteiger partial charge is 0.370 e. The standard InChI is InChI=1S/C19H24BrN3O3/c1-12(9-17-13(2)22-26-14(17)3)21-19(24)23-7-8-25-18(11-23)15-5-4-6-16(20)10-15/h4-6,10,12,18H,7-9,11H2,1-3H3,(H,21,24)/t12-,18-/m1/s1. The van der Waals surface area contributed by atoms with Gasteiger partial charge in [-0.25, -0.2) is 4.79 Å².